The Morgan fingerprint density at radius 1 is 1.17 bits per heavy atom. The third-order valence-corrected chi connectivity index (χ3v) is 5.04. The van der Waals surface area contributed by atoms with E-state index in [0.717, 1.165) is 5.56 Å². The summed E-state index contributed by atoms with van der Waals surface area (Å²) in [7, 11) is 0. The van der Waals surface area contributed by atoms with E-state index in [9.17, 15) is 25.2 Å². The van der Waals surface area contributed by atoms with Gasteiger partial charge in [-0.05, 0) is 5.56 Å². The number of rotatable bonds is 7. The highest BCUT2D eigenvalue weighted by atomic mass is 16.6. The molecule has 1 aromatic carbocycles. The zero-order valence-electron chi connectivity index (χ0n) is 15.7. The molecule has 2 aromatic heterocycles. The van der Waals surface area contributed by atoms with Crippen LogP contribution in [-0.4, -0.2) is 76.9 Å². The van der Waals surface area contributed by atoms with Crippen LogP contribution in [0.5, 0.6) is 0 Å². The first kappa shape index (κ1) is 20.2. The second-order valence-corrected chi connectivity index (χ2v) is 7.00. The van der Waals surface area contributed by atoms with E-state index < -0.39 is 43.2 Å². The first-order chi connectivity index (χ1) is 14.5. The van der Waals surface area contributed by atoms with Crippen molar-refractivity contribution in [1.82, 2.24) is 19.5 Å². The van der Waals surface area contributed by atoms with Crippen molar-refractivity contribution in [3.8, 4) is 0 Å². The van der Waals surface area contributed by atoms with Crippen LogP contribution >= 0.6 is 0 Å². The quantitative estimate of drug-likeness (QED) is 0.341. The predicted octanol–water partition coefficient (Wildman–Crippen LogP) is -0.454. The van der Waals surface area contributed by atoms with Crippen molar-refractivity contribution in [2.24, 2.45) is 0 Å². The minimum atomic E-state index is -1.30. The van der Waals surface area contributed by atoms with Gasteiger partial charge in [0.25, 0.3) is 0 Å². The SMILES string of the molecule is O=C(O)[C@H](Cc1ccccc1)Nc1ncnc2c1ncn2[C@@H]1O[C@H](CO)C(O)C1O. The summed E-state index contributed by atoms with van der Waals surface area (Å²) in [4.78, 5) is 24.3. The van der Waals surface area contributed by atoms with Gasteiger partial charge in [-0.25, -0.2) is 19.7 Å². The standard InChI is InChI=1S/C19H21N5O6/c25-7-12-14(26)15(27)18(30-12)24-9-22-13-16(20-8-21-17(13)24)23-11(19(28)29)6-10-4-2-1-3-5-10/h1-5,8-9,11-12,14-15,18,25-27H,6-7H2,(H,28,29)(H,20,21,23)/t11-,12+,14?,15?,18+/m0/s1. The average Bonchev–Trinajstić information content (AvgIpc) is 3.30. The van der Waals surface area contributed by atoms with E-state index >= 15 is 0 Å². The molecule has 0 saturated carbocycles. The lowest BCUT2D eigenvalue weighted by molar-refractivity contribution is -0.137. The van der Waals surface area contributed by atoms with E-state index in [-0.39, 0.29) is 23.4 Å². The Bertz CT molecular complexity index is 1030. The minimum Gasteiger partial charge on any atom is -0.480 e. The zero-order chi connectivity index (χ0) is 21.3. The Morgan fingerprint density at radius 2 is 1.93 bits per heavy atom. The Kier molecular flexibility index (Phi) is 5.59. The first-order valence-electron chi connectivity index (χ1n) is 9.33. The molecule has 1 aliphatic rings. The molecule has 0 aliphatic carbocycles. The third-order valence-electron chi connectivity index (χ3n) is 5.04. The number of anilines is 1. The summed E-state index contributed by atoms with van der Waals surface area (Å²) >= 11 is 0. The number of nitrogens with one attached hydrogen (secondary N) is 1. The number of hydrogen-bond donors (Lipinski definition) is 5. The molecule has 1 aliphatic heterocycles. The maximum atomic E-state index is 11.8. The number of aliphatic carboxylic acids is 1. The molecule has 5 N–H and O–H groups in total. The normalized spacial score (nSPS) is 24.8. The van der Waals surface area contributed by atoms with Gasteiger partial charge in [0, 0.05) is 6.42 Å². The number of aliphatic hydroxyl groups excluding tert-OH is 3. The summed E-state index contributed by atoms with van der Waals surface area (Å²) in [5.74, 6) is -0.831. The van der Waals surface area contributed by atoms with Gasteiger partial charge in [-0.3, -0.25) is 4.57 Å². The second-order valence-electron chi connectivity index (χ2n) is 7.00. The average molecular weight is 415 g/mol. The topological polar surface area (TPSA) is 163 Å². The van der Waals surface area contributed by atoms with Crippen molar-refractivity contribution in [2.45, 2.75) is 37.0 Å². The van der Waals surface area contributed by atoms with E-state index in [0.29, 0.717) is 0 Å². The van der Waals surface area contributed by atoms with E-state index in [2.05, 4.69) is 20.3 Å². The van der Waals surface area contributed by atoms with E-state index in [1.165, 1.54) is 17.2 Å². The van der Waals surface area contributed by atoms with Gasteiger partial charge in [-0.1, -0.05) is 30.3 Å². The van der Waals surface area contributed by atoms with Crippen LogP contribution in [0.1, 0.15) is 11.8 Å². The molecule has 158 valence electrons. The summed E-state index contributed by atoms with van der Waals surface area (Å²) in [6.07, 6.45) is -1.68. The smallest absolute Gasteiger partial charge is 0.326 e. The van der Waals surface area contributed by atoms with E-state index in [4.69, 9.17) is 4.74 Å². The minimum absolute atomic E-state index is 0.217. The van der Waals surface area contributed by atoms with E-state index in [1.807, 2.05) is 30.3 Å². The fourth-order valence-electron chi connectivity index (χ4n) is 3.47. The molecule has 3 aromatic rings. The molecule has 1 fully saturated rings. The number of imidazole rings is 1. The number of nitrogens with zero attached hydrogens (tertiary/aromatic N) is 4. The Hall–Kier alpha value is -3.12. The largest absolute Gasteiger partial charge is 0.480 e. The molecule has 0 spiro atoms. The number of carboxylic acids is 1. The molecule has 11 nitrogen and oxygen atoms in total. The third kappa shape index (κ3) is 3.71. The van der Waals surface area contributed by atoms with Crippen molar-refractivity contribution < 1.29 is 30.0 Å². The van der Waals surface area contributed by atoms with Gasteiger partial charge in [0.1, 0.15) is 30.7 Å². The second kappa shape index (κ2) is 8.32. The molecule has 11 heteroatoms. The number of hydrogen-bond acceptors (Lipinski definition) is 9. The lowest BCUT2D eigenvalue weighted by atomic mass is 10.1. The number of carboxylic acid groups (broad SMARTS) is 1. The van der Waals surface area contributed by atoms with Crippen LogP contribution in [-0.2, 0) is 16.0 Å². The van der Waals surface area contributed by atoms with Crippen LogP contribution in [0.15, 0.2) is 43.0 Å². The number of carbonyl (C=O) groups is 1. The predicted molar refractivity (Wildman–Crippen MR) is 104 cm³/mol. The Morgan fingerprint density at radius 3 is 2.60 bits per heavy atom. The van der Waals surface area contributed by atoms with Crippen LogP contribution in [0.4, 0.5) is 5.82 Å². The van der Waals surface area contributed by atoms with Crippen molar-refractivity contribution in [3.63, 3.8) is 0 Å². The fraction of sp³-hybridized carbons (Fsp3) is 0.368. The zero-order valence-corrected chi connectivity index (χ0v) is 15.7. The summed E-state index contributed by atoms with van der Waals surface area (Å²) in [5.41, 5.74) is 1.42. The Labute approximate surface area is 170 Å². The highest BCUT2D eigenvalue weighted by Gasteiger charge is 2.44. The number of aromatic nitrogens is 4. The number of benzene rings is 1. The van der Waals surface area contributed by atoms with Crippen LogP contribution in [0.2, 0.25) is 0 Å². The molecule has 0 bridgehead atoms. The number of aliphatic hydroxyl groups is 3. The first-order valence-corrected chi connectivity index (χ1v) is 9.33. The molecular formula is C19H21N5O6. The van der Waals surface area contributed by atoms with Gasteiger partial charge < -0.3 is 30.5 Å². The molecule has 1 saturated heterocycles. The van der Waals surface area contributed by atoms with Crippen molar-refractivity contribution in [1.29, 1.82) is 0 Å². The fourth-order valence-corrected chi connectivity index (χ4v) is 3.47. The monoisotopic (exact) mass is 415 g/mol. The summed E-state index contributed by atoms with van der Waals surface area (Å²) in [5, 5.41) is 42.1. The molecule has 4 rings (SSSR count). The van der Waals surface area contributed by atoms with Crippen LogP contribution in [0.25, 0.3) is 11.2 Å². The van der Waals surface area contributed by atoms with Gasteiger partial charge in [0.2, 0.25) is 0 Å². The molecule has 0 amide bonds. The number of fused-ring (bicyclic) bond motifs is 1. The van der Waals surface area contributed by atoms with Gasteiger partial charge in [0.15, 0.2) is 23.2 Å². The molecule has 2 unspecified atom stereocenters. The maximum Gasteiger partial charge on any atom is 0.326 e. The van der Waals surface area contributed by atoms with Crippen LogP contribution in [0, 0.1) is 0 Å². The van der Waals surface area contributed by atoms with Crippen molar-refractivity contribution in [2.75, 3.05) is 11.9 Å². The van der Waals surface area contributed by atoms with Crippen molar-refractivity contribution in [3.05, 3.63) is 48.5 Å². The van der Waals surface area contributed by atoms with Crippen LogP contribution < -0.4 is 5.32 Å². The summed E-state index contributed by atoms with van der Waals surface area (Å²) in [6.45, 7) is -0.455. The summed E-state index contributed by atoms with van der Waals surface area (Å²) < 4.78 is 6.94. The molecule has 0 radical (unpaired) electrons. The molecule has 30 heavy (non-hydrogen) atoms. The van der Waals surface area contributed by atoms with Gasteiger partial charge in [-0.2, -0.15) is 0 Å². The van der Waals surface area contributed by atoms with E-state index in [1.54, 1.807) is 0 Å². The highest BCUT2D eigenvalue weighted by Crippen LogP contribution is 2.32. The molecule has 5 atom stereocenters. The van der Waals surface area contributed by atoms with Crippen LogP contribution in [0.3, 0.4) is 0 Å². The molecular weight excluding hydrogens is 394 g/mol. The highest BCUT2D eigenvalue weighted by molar-refractivity contribution is 5.86. The summed E-state index contributed by atoms with van der Waals surface area (Å²) in [6, 6.07) is 8.24. The number of ether oxygens (including phenoxy) is 1. The maximum absolute atomic E-state index is 11.8. The lowest BCUT2D eigenvalue weighted by Gasteiger charge is -2.17. The molecule has 3 heterocycles. The Balaban J connectivity index is 1.62. The van der Waals surface area contributed by atoms with Gasteiger partial charge in [0.05, 0.1) is 12.9 Å². The van der Waals surface area contributed by atoms with Gasteiger partial charge in [-0.15, -0.1) is 0 Å². The van der Waals surface area contributed by atoms with Gasteiger partial charge >= 0.3 is 5.97 Å². The lowest BCUT2D eigenvalue weighted by Crippen LogP contribution is -2.33. The van der Waals surface area contributed by atoms with Crippen molar-refractivity contribution >= 4 is 23.0 Å².